The monoisotopic (exact) mass is 246 g/mol. The molecule has 1 aromatic rings. The van der Waals surface area contributed by atoms with E-state index in [4.69, 9.17) is 0 Å². The number of likely N-dealkylation sites (N-methyl/N-ethyl adjacent to an activating group) is 1. The van der Waals surface area contributed by atoms with Gasteiger partial charge in [0.15, 0.2) is 0 Å². The number of amides is 2. The van der Waals surface area contributed by atoms with Crippen molar-refractivity contribution in [3.8, 4) is 0 Å². The molecule has 0 aliphatic carbocycles. The Hall–Kier alpha value is -1.68. The summed E-state index contributed by atoms with van der Waals surface area (Å²) >= 11 is 0. The van der Waals surface area contributed by atoms with E-state index in [0.717, 1.165) is 13.1 Å². The van der Waals surface area contributed by atoms with E-state index < -0.39 is 0 Å². The molecule has 0 spiro atoms. The van der Waals surface area contributed by atoms with Crippen molar-refractivity contribution in [3.63, 3.8) is 0 Å². The molecule has 0 atom stereocenters. The summed E-state index contributed by atoms with van der Waals surface area (Å²) < 4.78 is 0. The lowest BCUT2D eigenvalue weighted by molar-refractivity contribution is 0.0350. The standard InChI is InChI=1S/C12H12N2O2.C2H6/c1-13-6-8(7-13)14-11(15)9-4-2-3-5-10(9)12(14)16;1-2/h2-5,8H,6-7H2,1H3;1-2H3. The van der Waals surface area contributed by atoms with Gasteiger partial charge >= 0.3 is 0 Å². The van der Waals surface area contributed by atoms with E-state index in [2.05, 4.69) is 4.90 Å². The van der Waals surface area contributed by atoms with Crippen molar-refractivity contribution < 1.29 is 9.59 Å². The lowest BCUT2D eigenvalue weighted by Gasteiger charge is -2.40. The van der Waals surface area contributed by atoms with Crippen LogP contribution in [-0.4, -0.2) is 47.8 Å². The molecular weight excluding hydrogens is 228 g/mol. The van der Waals surface area contributed by atoms with Crippen LogP contribution in [0.15, 0.2) is 24.3 Å². The molecule has 96 valence electrons. The molecule has 1 aromatic carbocycles. The largest absolute Gasteiger partial charge is 0.302 e. The SMILES string of the molecule is CC.CN1CC(N2C(=O)c3ccccc3C2=O)C1. The highest BCUT2D eigenvalue weighted by molar-refractivity contribution is 6.21. The average Bonchev–Trinajstić information content (AvgIpc) is 2.62. The number of nitrogens with zero attached hydrogens (tertiary/aromatic N) is 2. The van der Waals surface area contributed by atoms with Gasteiger partial charge in [-0.25, -0.2) is 0 Å². The molecule has 0 saturated carbocycles. The van der Waals surface area contributed by atoms with Gasteiger partial charge in [-0.15, -0.1) is 0 Å². The van der Waals surface area contributed by atoms with Gasteiger partial charge in [-0.05, 0) is 19.2 Å². The Kier molecular flexibility index (Phi) is 3.48. The van der Waals surface area contributed by atoms with Crippen molar-refractivity contribution in [2.75, 3.05) is 20.1 Å². The summed E-state index contributed by atoms with van der Waals surface area (Å²) in [6, 6.07) is 7.08. The molecule has 3 rings (SSSR count). The van der Waals surface area contributed by atoms with E-state index in [9.17, 15) is 9.59 Å². The van der Waals surface area contributed by atoms with Crippen LogP contribution in [0, 0.1) is 0 Å². The lowest BCUT2D eigenvalue weighted by Crippen LogP contribution is -2.59. The van der Waals surface area contributed by atoms with Gasteiger partial charge in [0, 0.05) is 13.1 Å². The first-order valence-corrected chi connectivity index (χ1v) is 6.34. The van der Waals surface area contributed by atoms with Crippen LogP contribution in [0.5, 0.6) is 0 Å². The number of fused-ring (bicyclic) bond motifs is 1. The highest BCUT2D eigenvalue weighted by atomic mass is 16.2. The Morgan fingerprint density at radius 3 is 1.83 bits per heavy atom. The number of benzene rings is 1. The lowest BCUT2D eigenvalue weighted by atomic mass is 10.1. The van der Waals surface area contributed by atoms with Crippen molar-refractivity contribution in [1.29, 1.82) is 0 Å². The Morgan fingerprint density at radius 1 is 1.00 bits per heavy atom. The number of carbonyl (C=O) groups is 2. The Morgan fingerprint density at radius 2 is 1.44 bits per heavy atom. The van der Waals surface area contributed by atoms with Crippen molar-refractivity contribution >= 4 is 11.8 Å². The maximum atomic E-state index is 12.0. The third-order valence-electron chi connectivity index (χ3n) is 3.24. The van der Waals surface area contributed by atoms with Crippen LogP contribution >= 0.6 is 0 Å². The fraction of sp³-hybridized carbons (Fsp3) is 0.429. The molecule has 2 aliphatic heterocycles. The van der Waals surface area contributed by atoms with Crippen molar-refractivity contribution in [2.45, 2.75) is 19.9 Å². The normalized spacial score (nSPS) is 19.2. The number of likely N-dealkylation sites (tertiary alicyclic amines) is 1. The smallest absolute Gasteiger partial charge is 0.261 e. The number of carbonyl (C=O) groups excluding carboxylic acids is 2. The van der Waals surface area contributed by atoms with Gasteiger partial charge in [0.25, 0.3) is 11.8 Å². The first kappa shape index (κ1) is 12.8. The fourth-order valence-corrected chi connectivity index (χ4v) is 2.37. The van der Waals surface area contributed by atoms with Crippen LogP contribution in [0.3, 0.4) is 0 Å². The second kappa shape index (κ2) is 4.90. The second-order valence-corrected chi connectivity index (χ2v) is 4.40. The van der Waals surface area contributed by atoms with Gasteiger partial charge in [0.05, 0.1) is 17.2 Å². The Labute approximate surface area is 107 Å². The molecule has 0 radical (unpaired) electrons. The molecule has 18 heavy (non-hydrogen) atoms. The molecule has 0 bridgehead atoms. The molecule has 1 fully saturated rings. The minimum Gasteiger partial charge on any atom is -0.302 e. The third kappa shape index (κ3) is 1.82. The van der Waals surface area contributed by atoms with E-state index in [1.54, 1.807) is 24.3 Å². The maximum Gasteiger partial charge on any atom is 0.261 e. The van der Waals surface area contributed by atoms with Gasteiger partial charge in [0.1, 0.15) is 0 Å². The van der Waals surface area contributed by atoms with Gasteiger partial charge < -0.3 is 4.90 Å². The Balaban J connectivity index is 0.000000574. The zero-order valence-corrected chi connectivity index (χ0v) is 11.0. The summed E-state index contributed by atoms with van der Waals surface area (Å²) in [4.78, 5) is 27.6. The van der Waals surface area contributed by atoms with E-state index in [1.807, 2.05) is 20.9 Å². The summed E-state index contributed by atoms with van der Waals surface area (Å²) in [5, 5.41) is 0. The van der Waals surface area contributed by atoms with Crippen LogP contribution in [0.2, 0.25) is 0 Å². The van der Waals surface area contributed by atoms with E-state index in [0.29, 0.717) is 11.1 Å². The third-order valence-corrected chi connectivity index (χ3v) is 3.24. The topological polar surface area (TPSA) is 40.6 Å². The minimum absolute atomic E-state index is 0.0531. The zero-order chi connectivity index (χ0) is 13.3. The first-order chi connectivity index (χ1) is 8.68. The number of hydrogen-bond donors (Lipinski definition) is 0. The van der Waals surface area contributed by atoms with E-state index in [-0.39, 0.29) is 17.9 Å². The molecule has 0 aromatic heterocycles. The summed E-state index contributed by atoms with van der Waals surface area (Å²) in [7, 11) is 1.98. The van der Waals surface area contributed by atoms with Crippen LogP contribution in [0.25, 0.3) is 0 Å². The number of imide groups is 1. The van der Waals surface area contributed by atoms with Crippen molar-refractivity contribution in [1.82, 2.24) is 9.80 Å². The molecule has 2 aliphatic rings. The average molecular weight is 246 g/mol. The molecule has 2 amide bonds. The van der Waals surface area contributed by atoms with Crippen molar-refractivity contribution in [2.24, 2.45) is 0 Å². The predicted octanol–water partition coefficient (Wildman–Crippen LogP) is 1.62. The highest BCUT2D eigenvalue weighted by Gasteiger charge is 2.43. The molecule has 0 N–H and O–H groups in total. The molecule has 4 nitrogen and oxygen atoms in total. The van der Waals surface area contributed by atoms with E-state index in [1.165, 1.54) is 4.90 Å². The maximum absolute atomic E-state index is 12.0. The summed E-state index contributed by atoms with van der Waals surface area (Å²) in [6.07, 6.45) is 0. The quantitative estimate of drug-likeness (QED) is 0.707. The molecular formula is C14H18N2O2. The van der Waals surface area contributed by atoms with E-state index >= 15 is 0 Å². The highest BCUT2D eigenvalue weighted by Crippen LogP contribution is 2.27. The molecule has 2 heterocycles. The van der Waals surface area contributed by atoms with Gasteiger partial charge in [0.2, 0.25) is 0 Å². The number of rotatable bonds is 1. The fourth-order valence-electron chi connectivity index (χ4n) is 2.37. The van der Waals surface area contributed by atoms with Gasteiger partial charge in [-0.2, -0.15) is 0 Å². The first-order valence-electron chi connectivity index (χ1n) is 6.34. The number of hydrogen-bond acceptors (Lipinski definition) is 3. The molecule has 1 saturated heterocycles. The van der Waals surface area contributed by atoms with Crippen LogP contribution in [0.4, 0.5) is 0 Å². The van der Waals surface area contributed by atoms with Gasteiger partial charge in [-0.1, -0.05) is 26.0 Å². The van der Waals surface area contributed by atoms with Crippen LogP contribution in [0.1, 0.15) is 34.6 Å². The summed E-state index contributed by atoms with van der Waals surface area (Å²) in [6.45, 7) is 5.57. The summed E-state index contributed by atoms with van der Waals surface area (Å²) in [5.41, 5.74) is 1.09. The zero-order valence-electron chi connectivity index (χ0n) is 11.0. The van der Waals surface area contributed by atoms with Crippen molar-refractivity contribution in [3.05, 3.63) is 35.4 Å². The van der Waals surface area contributed by atoms with Crippen LogP contribution < -0.4 is 0 Å². The summed E-state index contributed by atoms with van der Waals surface area (Å²) in [5.74, 6) is -0.280. The predicted molar refractivity (Wildman–Crippen MR) is 69.6 cm³/mol. The minimum atomic E-state index is -0.140. The van der Waals surface area contributed by atoms with Gasteiger partial charge in [-0.3, -0.25) is 14.5 Å². The molecule has 0 unspecified atom stereocenters. The van der Waals surface area contributed by atoms with Crippen LogP contribution in [-0.2, 0) is 0 Å². The molecule has 4 heteroatoms. The Bertz CT molecular complexity index is 443. The second-order valence-electron chi connectivity index (χ2n) is 4.40.